The fourth-order valence-corrected chi connectivity index (χ4v) is 2.87. The van der Waals surface area contributed by atoms with Gasteiger partial charge in [-0.3, -0.25) is 0 Å². The van der Waals surface area contributed by atoms with Crippen LogP contribution in [-0.4, -0.2) is 43.0 Å². The first kappa shape index (κ1) is 20.2. The highest BCUT2D eigenvalue weighted by Crippen LogP contribution is 2.25. The van der Waals surface area contributed by atoms with E-state index in [9.17, 15) is 4.79 Å². The van der Waals surface area contributed by atoms with E-state index in [1.807, 2.05) is 27.7 Å². The van der Waals surface area contributed by atoms with Crippen LogP contribution in [-0.2, 0) is 9.47 Å². The van der Waals surface area contributed by atoms with E-state index in [0.717, 1.165) is 13.0 Å². The SMILES string of the molecule is CCCCCCCNC1C(NC(=O)OC(C)(C)C)CC1OCC. The van der Waals surface area contributed by atoms with Crippen LogP contribution in [0.2, 0.25) is 0 Å². The van der Waals surface area contributed by atoms with Gasteiger partial charge < -0.3 is 20.1 Å². The second kappa shape index (κ2) is 10.1. The predicted molar refractivity (Wildman–Crippen MR) is 93.7 cm³/mol. The van der Waals surface area contributed by atoms with Gasteiger partial charge in [0.05, 0.1) is 18.2 Å². The summed E-state index contributed by atoms with van der Waals surface area (Å²) in [4.78, 5) is 11.9. The molecule has 5 heteroatoms. The van der Waals surface area contributed by atoms with Crippen LogP contribution < -0.4 is 10.6 Å². The van der Waals surface area contributed by atoms with Crippen molar-refractivity contribution in [3.63, 3.8) is 0 Å². The first-order valence-corrected chi connectivity index (χ1v) is 9.22. The molecule has 1 rings (SSSR count). The highest BCUT2D eigenvalue weighted by Gasteiger charge is 2.42. The van der Waals surface area contributed by atoms with Gasteiger partial charge in [-0.05, 0) is 47.1 Å². The Morgan fingerprint density at radius 2 is 1.83 bits per heavy atom. The zero-order valence-electron chi connectivity index (χ0n) is 15.6. The number of hydrogen-bond acceptors (Lipinski definition) is 4. The summed E-state index contributed by atoms with van der Waals surface area (Å²) < 4.78 is 11.1. The number of carbonyl (C=O) groups is 1. The van der Waals surface area contributed by atoms with Crippen molar-refractivity contribution in [1.82, 2.24) is 10.6 Å². The largest absolute Gasteiger partial charge is 0.444 e. The second-order valence-electron chi connectivity index (χ2n) is 7.38. The van der Waals surface area contributed by atoms with E-state index in [1.54, 1.807) is 0 Å². The topological polar surface area (TPSA) is 59.6 Å². The van der Waals surface area contributed by atoms with Gasteiger partial charge in [0.15, 0.2) is 0 Å². The highest BCUT2D eigenvalue weighted by atomic mass is 16.6. The van der Waals surface area contributed by atoms with E-state index in [-0.39, 0.29) is 24.3 Å². The zero-order chi connectivity index (χ0) is 17.3. The Labute approximate surface area is 141 Å². The molecular formula is C18H36N2O3. The maximum Gasteiger partial charge on any atom is 0.407 e. The number of unbranched alkanes of at least 4 members (excludes halogenated alkanes) is 4. The average molecular weight is 328 g/mol. The van der Waals surface area contributed by atoms with Gasteiger partial charge in [0.2, 0.25) is 0 Å². The first-order chi connectivity index (χ1) is 10.9. The molecule has 5 nitrogen and oxygen atoms in total. The Balaban J connectivity index is 2.32. The van der Waals surface area contributed by atoms with Gasteiger partial charge in [-0.15, -0.1) is 0 Å². The molecule has 3 atom stereocenters. The van der Waals surface area contributed by atoms with Gasteiger partial charge in [-0.25, -0.2) is 4.79 Å². The summed E-state index contributed by atoms with van der Waals surface area (Å²) in [5.74, 6) is 0. The van der Waals surface area contributed by atoms with E-state index in [0.29, 0.717) is 6.61 Å². The Kier molecular flexibility index (Phi) is 8.92. The molecule has 136 valence electrons. The second-order valence-corrected chi connectivity index (χ2v) is 7.38. The van der Waals surface area contributed by atoms with Crippen LogP contribution in [0, 0.1) is 0 Å². The van der Waals surface area contributed by atoms with Gasteiger partial charge in [-0.2, -0.15) is 0 Å². The highest BCUT2D eigenvalue weighted by molar-refractivity contribution is 5.68. The number of nitrogens with one attached hydrogen (secondary N) is 2. The summed E-state index contributed by atoms with van der Waals surface area (Å²) in [5.41, 5.74) is -0.463. The van der Waals surface area contributed by atoms with Crippen LogP contribution >= 0.6 is 0 Å². The van der Waals surface area contributed by atoms with Crippen molar-refractivity contribution in [2.24, 2.45) is 0 Å². The molecule has 1 amide bonds. The van der Waals surface area contributed by atoms with Crippen molar-refractivity contribution < 1.29 is 14.3 Å². The van der Waals surface area contributed by atoms with Gasteiger partial charge in [0.25, 0.3) is 0 Å². The Bertz CT molecular complexity index is 342. The molecule has 1 aliphatic carbocycles. The monoisotopic (exact) mass is 328 g/mol. The van der Waals surface area contributed by atoms with Crippen LogP contribution in [0.3, 0.4) is 0 Å². The molecule has 0 aromatic carbocycles. The van der Waals surface area contributed by atoms with Crippen LogP contribution in [0.1, 0.15) is 73.1 Å². The van der Waals surface area contributed by atoms with Crippen molar-refractivity contribution in [2.75, 3.05) is 13.2 Å². The Hall–Kier alpha value is -0.810. The summed E-state index contributed by atoms with van der Waals surface area (Å²) in [6, 6.07) is 0.283. The number of ether oxygens (including phenoxy) is 2. The summed E-state index contributed by atoms with van der Waals surface area (Å²) in [6.07, 6.45) is 7.02. The first-order valence-electron chi connectivity index (χ1n) is 9.22. The van der Waals surface area contributed by atoms with E-state index in [4.69, 9.17) is 9.47 Å². The fraction of sp³-hybridized carbons (Fsp3) is 0.944. The standard InChI is InChI=1S/C18H36N2O3/c1-6-8-9-10-11-12-19-16-14(13-15(16)22-7-2)20-17(21)23-18(3,4)5/h14-16,19H,6-13H2,1-5H3,(H,20,21). The smallest absolute Gasteiger partial charge is 0.407 e. The molecule has 0 aliphatic heterocycles. The minimum absolute atomic E-state index is 0.0945. The van der Waals surface area contributed by atoms with Crippen molar-refractivity contribution >= 4 is 6.09 Å². The molecule has 1 fully saturated rings. The van der Waals surface area contributed by atoms with E-state index in [1.165, 1.54) is 32.1 Å². The fourth-order valence-electron chi connectivity index (χ4n) is 2.87. The van der Waals surface area contributed by atoms with Crippen molar-refractivity contribution in [2.45, 2.75) is 96.9 Å². The molecule has 0 saturated heterocycles. The zero-order valence-corrected chi connectivity index (χ0v) is 15.6. The average Bonchev–Trinajstić information content (AvgIpc) is 2.43. The van der Waals surface area contributed by atoms with Crippen molar-refractivity contribution in [3.05, 3.63) is 0 Å². The molecule has 0 aromatic rings. The maximum atomic E-state index is 11.9. The van der Waals surface area contributed by atoms with Gasteiger partial charge in [0, 0.05) is 6.61 Å². The number of rotatable bonds is 10. The molecule has 0 radical (unpaired) electrons. The molecule has 2 N–H and O–H groups in total. The Morgan fingerprint density at radius 3 is 2.43 bits per heavy atom. The Morgan fingerprint density at radius 1 is 1.13 bits per heavy atom. The number of carbonyl (C=O) groups excluding carboxylic acids is 1. The van der Waals surface area contributed by atoms with Gasteiger partial charge in [0.1, 0.15) is 5.60 Å². The van der Waals surface area contributed by atoms with Crippen molar-refractivity contribution in [1.29, 1.82) is 0 Å². The lowest BCUT2D eigenvalue weighted by Crippen LogP contribution is -2.66. The number of hydrogen-bond donors (Lipinski definition) is 2. The van der Waals surface area contributed by atoms with Gasteiger partial charge >= 0.3 is 6.09 Å². The summed E-state index contributed by atoms with van der Waals surface area (Å²) in [5, 5.41) is 6.52. The van der Waals surface area contributed by atoms with Crippen LogP contribution in [0.15, 0.2) is 0 Å². The summed E-state index contributed by atoms with van der Waals surface area (Å²) in [6.45, 7) is 11.6. The molecular weight excluding hydrogens is 292 g/mol. The number of amides is 1. The lowest BCUT2D eigenvalue weighted by atomic mass is 9.82. The van der Waals surface area contributed by atoms with E-state index in [2.05, 4.69) is 17.6 Å². The number of alkyl carbamates (subject to hydrolysis) is 1. The van der Waals surface area contributed by atoms with Crippen LogP contribution in [0.25, 0.3) is 0 Å². The lowest BCUT2D eigenvalue weighted by Gasteiger charge is -2.45. The molecule has 3 unspecified atom stereocenters. The molecule has 1 aliphatic rings. The maximum absolute atomic E-state index is 11.9. The van der Waals surface area contributed by atoms with E-state index < -0.39 is 5.60 Å². The van der Waals surface area contributed by atoms with Gasteiger partial charge in [-0.1, -0.05) is 32.6 Å². The van der Waals surface area contributed by atoms with E-state index >= 15 is 0 Å². The molecule has 0 heterocycles. The normalized spacial score (nSPS) is 24.1. The summed E-state index contributed by atoms with van der Waals surface area (Å²) >= 11 is 0. The summed E-state index contributed by atoms with van der Waals surface area (Å²) in [7, 11) is 0. The molecule has 23 heavy (non-hydrogen) atoms. The van der Waals surface area contributed by atoms with Crippen LogP contribution in [0.4, 0.5) is 4.79 Å². The molecule has 0 spiro atoms. The lowest BCUT2D eigenvalue weighted by molar-refractivity contribution is -0.0432. The molecule has 0 bridgehead atoms. The molecule has 0 aromatic heterocycles. The van der Waals surface area contributed by atoms with Crippen LogP contribution in [0.5, 0.6) is 0 Å². The minimum atomic E-state index is -0.463. The van der Waals surface area contributed by atoms with Crippen molar-refractivity contribution in [3.8, 4) is 0 Å². The third-order valence-corrected chi connectivity index (χ3v) is 4.06. The minimum Gasteiger partial charge on any atom is -0.444 e. The quantitative estimate of drug-likeness (QED) is 0.601. The third-order valence-electron chi connectivity index (χ3n) is 4.06. The third kappa shape index (κ3) is 8.02. The molecule has 1 saturated carbocycles. The predicted octanol–water partition coefficient (Wildman–Crippen LogP) is 3.62.